The van der Waals surface area contributed by atoms with E-state index in [0.717, 1.165) is 25.9 Å². The number of halogens is 2. The standard InChI is InChI=1S/C16H30F2N4/c1-11-4-2-3-5-13-8-12(6-7-19-13)15-14(20-9-11)10-21-22(15)16(17)18/h11-16,19-21H,2-10H2,1H3/t11-,12?,13?,14?,15?/m1/s1. The summed E-state index contributed by atoms with van der Waals surface area (Å²) in [7, 11) is 0. The van der Waals surface area contributed by atoms with Gasteiger partial charge >= 0.3 is 6.55 Å². The topological polar surface area (TPSA) is 39.3 Å². The summed E-state index contributed by atoms with van der Waals surface area (Å²) in [5, 5.41) is 8.39. The molecule has 0 radical (unpaired) electrons. The zero-order valence-corrected chi connectivity index (χ0v) is 13.5. The van der Waals surface area contributed by atoms with Gasteiger partial charge in [0.1, 0.15) is 0 Å². The number of piperidine rings is 1. The van der Waals surface area contributed by atoms with Gasteiger partial charge in [0.15, 0.2) is 0 Å². The van der Waals surface area contributed by atoms with E-state index in [2.05, 4.69) is 23.0 Å². The molecule has 2 bridgehead atoms. The van der Waals surface area contributed by atoms with Crippen LogP contribution in [0.15, 0.2) is 0 Å². The van der Waals surface area contributed by atoms with Crippen LogP contribution in [0.2, 0.25) is 0 Å². The zero-order valence-electron chi connectivity index (χ0n) is 13.5. The van der Waals surface area contributed by atoms with E-state index in [1.165, 1.54) is 30.7 Å². The Morgan fingerprint density at radius 2 is 1.86 bits per heavy atom. The summed E-state index contributed by atoms with van der Waals surface area (Å²) < 4.78 is 26.8. The zero-order chi connectivity index (χ0) is 15.5. The van der Waals surface area contributed by atoms with Gasteiger partial charge in [0, 0.05) is 24.7 Å². The molecule has 22 heavy (non-hydrogen) atoms. The van der Waals surface area contributed by atoms with Crippen LogP contribution in [0.3, 0.4) is 0 Å². The molecule has 4 unspecified atom stereocenters. The lowest BCUT2D eigenvalue weighted by Gasteiger charge is -2.39. The van der Waals surface area contributed by atoms with Crippen LogP contribution in [0.25, 0.3) is 0 Å². The fourth-order valence-corrected chi connectivity index (χ4v) is 4.48. The maximum Gasteiger partial charge on any atom is 0.307 e. The van der Waals surface area contributed by atoms with Crippen LogP contribution in [0.4, 0.5) is 8.78 Å². The van der Waals surface area contributed by atoms with E-state index in [9.17, 15) is 8.78 Å². The molecule has 6 heteroatoms. The molecule has 0 spiro atoms. The number of hydrazine groups is 1. The van der Waals surface area contributed by atoms with Crippen molar-refractivity contribution in [2.24, 2.45) is 11.8 Å². The van der Waals surface area contributed by atoms with Crippen molar-refractivity contribution in [1.82, 2.24) is 21.1 Å². The normalized spacial score (nSPS) is 41.7. The molecule has 0 amide bonds. The first-order chi connectivity index (χ1) is 10.6. The second kappa shape index (κ2) is 7.51. The van der Waals surface area contributed by atoms with Gasteiger partial charge in [0.2, 0.25) is 0 Å². The summed E-state index contributed by atoms with van der Waals surface area (Å²) in [5.74, 6) is 0.968. The molecule has 3 aliphatic rings. The highest BCUT2D eigenvalue weighted by molar-refractivity contribution is 4.97. The molecular weight excluding hydrogens is 286 g/mol. The summed E-state index contributed by atoms with van der Waals surface area (Å²) >= 11 is 0. The highest BCUT2D eigenvalue weighted by Crippen LogP contribution is 2.31. The fraction of sp³-hybridized carbons (Fsp3) is 1.00. The summed E-state index contributed by atoms with van der Waals surface area (Å²) in [6.07, 6.45) is 6.98. The molecule has 4 nitrogen and oxygen atoms in total. The van der Waals surface area contributed by atoms with Crippen molar-refractivity contribution in [2.45, 2.75) is 70.1 Å². The molecule has 0 aromatic carbocycles. The predicted molar refractivity (Wildman–Crippen MR) is 83.6 cm³/mol. The van der Waals surface area contributed by atoms with Gasteiger partial charge in [-0.1, -0.05) is 19.8 Å². The second-order valence-corrected chi connectivity index (χ2v) is 7.38. The quantitative estimate of drug-likeness (QED) is 0.647. The lowest BCUT2D eigenvalue weighted by atomic mass is 9.81. The second-order valence-electron chi connectivity index (χ2n) is 7.38. The maximum atomic E-state index is 13.4. The van der Waals surface area contributed by atoms with Crippen molar-refractivity contribution in [3.8, 4) is 0 Å². The fourth-order valence-electron chi connectivity index (χ4n) is 4.48. The third-order valence-corrected chi connectivity index (χ3v) is 5.68. The number of fused-ring (bicyclic) bond motifs is 4. The Balaban J connectivity index is 1.75. The minimum Gasteiger partial charge on any atom is -0.314 e. The first-order valence-electron chi connectivity index (χ1n) is 8.92. The molecule has 0 aliphatic carbocycles. The van der Waals surface area contributed by atoms with Crippen molar-refractivity contribution in [1.29, 1.82) is 0 Å². The largest absolute Gasteiger partial charge is 0.314 e. The minimum atomic E-state index is -2.42. The molecule has 0 saturated carbocycles. The summed E-state index contributed by atoms with van der Waals surface area (Å²) in [4.78, 5) is 0. The molecule has 3 rings (SSSR count). The van der Waals surface area contributed by atoms with Gasteiger partial charge in [-0.2, -0.15) is 13.8 Å². The average molecular weight is 316 g/mol. The van der Waals surface area contributed by atoms with E-state index in [-0.39, 0.29) is 12.1 Å². The van der Waals surface area contributed by atoms with E-state index in [1.54, 1.807) is 0 Å². The predicted octanol–water partition coefficient (Wildman–Crippen LogP) is 1.93. The van der Waals surface area contributed by atoms with Gasteiger partial charge in [0.05, 0.1) is 0 Å². The highest BCUT2D eigenvalue weighted by Gasteiger charge is 2.44. The first kappa shape index (κ1) is 16.6. The SMILES string of the molecule is C[C@@H]1CCCCC2CC(CCN2)C2C(CNN2C(F)F)NC1. The molecule has 3 heterocycles. The van der Waals surface area contributed by atoms with Gasteiger partial charge in [-0.15, -0.1) is 0 Å². The van der Waals surface area contributed by atoms with Gasteiger partial charge in [-0.3, -0.25) is 0 Å². The number of nitrogens with zero attached hydrogens (tertiary/aromatic N) is 1. The number of alkyl halides is 2. The Labute approximate surface area is 132 Å². The van der Waals surface area contributed by atoms with E-state index >= 15 is 0 Å². The smallest absolute Gasteiger partial charge is 0.307 e. The molecule has 128 valence electrons. The van der Waals surface area contributed by atoms with Crippen molar-refractivity contribution >= 4 is 0 Å². The lowest BCUT2D eigenvalue weighted by molar-refractivity contribution is -0.0834. The van der Waals surface area contributed by atoms with Crippen molar-refractivity contribution < 1.29 is 8.78 Å². The number of rotatable bonds is 1. The first-order valence-corrected chi connectivity index (χ1v) is 8.92. The van der Waals surface area contributed by atoms with Crippen LogP contribution in [-0.2, 0) is 0 Å². The summed E-state index contributed by atoms with van der Waals surface area (Å²) in [6.45, 7) is 2.37. The summed E-state index contributed by atoms with van der Waals surface area (Å²) in [6, 6.07) is 0.560. The summed E-state index contributed by atoms with van der Waals surface area (Å²) in [5.41, 5.74) is 2.94. The molecule has 5 atom stereocenters. The van der Waals surface area contributed by atoms with Gasteiger partial charge in [-0.25, -0.2) is 5.43 Å². The number of hydrogen-bond acceptors (Lipinski definition) is 4. The molecular formula is C16H30F2N4. The van der Waals surface area contributed by atoms with Crippen LogP contribution < -0.4 is 16.1 Å². The average Bonchev–Trinajstić information content (AvgIpc) is 2.93. The number of hydrogen-bond donors (Lipinski definition) is 3. The van der Waals surface area contributed by atoms with Crippen LogP contribution in [0.5, 0.6) is 0 Å². The van der Waals surface area contributed by atoms with Crippen LogP contribution in [0.1, 0.15) is 45.4 Å². The highest BCUT2D eigenvalue weighted by atomic mass is 19.3. The van der Waals surface area contributed by atoms with Crippen LogP contribution in [0, 0.1) is 11.8 Å². The monoisotopic (exact) mass is 316 g/mol. The maximum absolute atomic E-state index is 13.4. The van der Waals surface area contributed by atoms with Crippen LogP contribution >= 0.6 is 0 Å². The minimum absolute atomic E-state index is 0.0868. The van der Waals surface area contributed by atoms with Gasteiger partial charge in [-0.05, 0) is 50.6 Å². The Morgan fingerprint density at radius 1 is 1.05 bits per heavy atom. The Bertz CT molecular complexity index is 355. The molecule has 3 saturated heterocycles. The third kappa shape index (κ3) is 3.78. The van der Waals surface area contributed by atoms with Gasteiger partial charge in [0.25, 0.3) is 0 Å². The van der Waals surface area contributed by atoms with E-state index < -0.39 is 6.55 Å². The molecule has 3 fully saturated rings. The van der Waals surface area contributed by atoms with Crippen molar-refractivity contribution in [3.05, 3.63) is 0 Å². The lowest BCUT2D eigenvalue weighted by Crippen LogP contribution is -2.54. The van der Waals surface area contributed by atoms with E-state index in [1.807, 2.05) is 0 Å². The van der Waals surface area contributed by atoms with Crippen LogP contribution in [-0.4, -0.2) is 49.3 Å². The molecule has 0 aromatic rings. The van der Waals surface area contributed by atoms with E-state index in [0.29, 0.717) is 24.4 Å². The van der Waals surface area contributed by atoms with Gasteiger partial charge < -0.3 is 10.6 Å². The van der Waals surface area contributed by atoms with E-state index in [4.69, 9.17) is 0 Å². The molecule has 3 N–H and O–H groups in total. The van der Waals surface area contributed by atoms with Crippen molar-refractivity contribution in [2.75, 3.05) is 19.6 Å². The Kier molecular flexibility index (Phi) is 5.65. The molecule has 0 aromatic heterocycles. The number of nitrogens with one attached hydrogen (secondary N) is 3. The van der Waals surface area contributed by atoms with Crippen molar-refractivity contribution in [3.63, 3.8) is 0 Å². The molecule has 3 aliphatic heterocycles. The third-order valence-electron chi connectivity index (χ3n) is 5.68. The Morgan fingerprint density at radius 3 is 2.68 bits per heavy atom. The Hall–Kier alpha value is -0.300.